The van der Waals surface area contributed by atoms with Crippen molar-refractivity contribution in [3.8, 4) is 11.8 Å². The van der Waals surface area contributed by atoms with Crippen LogP contribution in [-0.4, -0.2) is 12.1 Å². The number of pyridine rings is 1. The third-order valence-corrected chi connectivity index (χ3v) is 1.47. The highest BCUT2D eigenvalue weighted by Gasteiger charge is 2.03. The molecule has 0 atom stereocenters. The fraction of sp³-hybridized carbons (Fsp3) is 0.250. The summed E-state index contributed by atoms with van der Waals surface area (Å²) in [7, 11) is 1.50. The highest BCUT2D eigenvalue weighted by atomic mass is 16.5. The molecule has 0 radical (unpaired) electrons. The Morgan fingerprint density at radius 1 is 1.75 bits per heavy atom. The highest BCUT2D eigenvalue weighted by molar-refractivity contribution is 5.39. The second-order valence-corrected chi connectivity index (χ2v) is 2.21. The summed E-state index contributed by atoms with van der Waals surface area (Å²) in [4.78, 5) is 3.87. The Kier molecular flexibility index (Phi) is 2.62. The van der Waals surface area contributed by atoms with E-state index in [-0.39, 0.29) is 5.69 Å². The topological polar surface area (TPSA) is 71.9 Å². The number of methoxy groups -OCH3 is 1. The molecular weight excluding hydrogens is 154 g/mol. The first-order chi connectivity index (χ1) is 5.81. The molecule has 0 spiro atoms. The molecule has 0 aromatic carbocycles. The Morgan fingerprint density at radius 2 is 2.50 bits per heavy atom. The number of ether oxygens (including phenoxy) is 1. The lowest BCUT2D eigenvalue weighted by molar-refractivity contribution is 0.410. The predicted molar refractivity (Wildman–Crippen MR) is 43.4 cm³/mol. The van der Waals surface area contributed by atoms with Crippen LogP contribution in [0.3, 0.4) is 0 Å². The number of hydrogen-bond donors (Lipinski definition) is 1. The van der Waals surface area contributed by atoms with Gasteiger partial charge in [0, 0.05) is 12.7 Å². The summed E-state index contributed by atoms with van der Waals surface area (Å²) in [6, 6.07) is 3.63. The fourth-order valence-electron chi connectivity index (χ4n) is 0.836. The maximum atomic E-state index is 8.59. The maximum Gasteiger partial charge on any atom is 0.182 e. The van der Waals surface area contributed by atoms with Gasteiger partial charge in [0.2, 0.25) is 0 Å². The zero-order valence-electron chi connectivity index (χ0n) is 6.74. The van der Waals surface area contributed by atoms with Crippen LogP contribution in [-0.2, 0) is 6.54 Å². The minimum atomic E-state index is 0.287. The molecule has 0 saturated carbocycles. The zero-order valence-corrected chi connectivity index (χ0v) is 6.74. The van der Waals surface area contributed by atoms with Gasteiger partial charge in [-0.05, 0) is 11.6 Å². The zero-order chi connectivity index (χ0) is 8.97. The number of nitrogens with zero attached hydrogens (tertiary/aromatic N) is 2. The van der Waals surface area contributed by atoms with Gasteiger partial charge in [0.25, 0.3) is 0 Å². The first-order valence-electron chi connectivity index (χ1n) is 3.45. The average Bonchev–Trinajstić information content (AvgIpc) is 2.16. The Bertz CT molecular complexity index is 317. The van der Waals surface area contributed by atoms with Crippen molar-refractivity contribution in [3.63, 3.8) is 0 Å². The van der Waals surface area contributed by atoms with Gasteiger partial charge in [0.05, 0.1) is 7.11 Å². The van der Waals surface area contributed by atoms with Crippen LogP contribution in [0.25, 0.3) is 0 Å². The van der Waals surface area contributed by atoms with Crippen LogP contribution >= 0.6 is 0 Å². The molecule has 0 aliphatic rings. The summed E-state index contributed by atoms with van der Waals surface area (Å²) in [6.45, 7) is 0.398. The SMILES string of the molecule is COc1cc(CN)cnc1C#N. The van der Waals surface area contributed by atoms with Crippen molar-refractivity contribution in [2.45, 2.75) is 6.54 Å². The lowest BCUT2D eigenvalue weighted by Crippen LogP contribution is -1.99. The molecule has 62 valence electrons. The summed E-state index contributed by atoms with van der Waals surface area (Å²) < 4.78 is 4.94. The van der Waals surface area contributed by atoms with Crippen molar-refractivity contribution in [2.75, 3.05) is 7.11 Å². The van der Waals surface area contributed by atoms with Crippen molar-refractivity contribution in [1.82, 2.24) is 4.98 Å². The normalized spacial score (nSPS) is 9.08. The molecule has 0 amide bonds. The number of nitriles is 1. The van der Waals surface area contributed by atoms with Crippen LogP contribution in [0.5, 0.6) is 5.75 Å². The molecule has 0 aliphatic heterocycles. The minimum absolute atomic E-state index is 0.287. The van der Waals surface area contributed by atoms with Gasteiger partial charge in [-0.25, -0.2) is 4.98 Å². The maximum absolute atomic E-state index is 8.59. The molecule has 0 fully saturated rings. The second kappa shape index (κ2) is 3.69. The monoisotopic (exact) mass is 163 g/mol. The van der Waals surface area contributed by atoms with E-state index in [0.717, 1.165) is 5.56 Å². The molecule has 0 saturated heterocycles. The summed E-state index contributed by atoms with van der Waals surface area (Å²) >= 11 is 0. The molecule has 1 rings (SSSR count). The minimum Gasteiger partial charge on any atom is -0.494 e. The van der Waals surface area contributed by atoms with Gasteiger partial charge in [-0.15, -0.1) is 0 Å². The lowest BCUT2D eigenvalue weighted by Gasteiger charge is -2.02. The molecule has 1 aromatic rings. The average molecular weight is 163 g/mol. The Balaban J connectivity index is 3.13. The van der Waals surface area contributed by atoms with Crippen LogP contribution in [0.2, 0.25) is 0 Å². The summed E-state index contributed by atoms with van der Waals surface area (Å²) in [6.07, 6.45) is 1.57. The van der Waals surface area contributed by atoms with E-state index in [9.17, 15) is 0 Å². The van der Waals surface area contributed by atoms with E-state index in [2.05, 4.69) is 4.98 Å². The number of aromatic nitrogens is 1. The van der Waals surface area contributed by atoms with Gasteiger partial charge in [0.1, 0.15) is 6.07 Å². The number of rotatable bonds is 2. The predicted octanol–water partition coefficient (Wildman–Crippen LogP) is 0.421. The molecule has 0 bridgehead atoms. The van der Waals surface area contributed by atoms with Crippen LogP contribution in [0, 0.1) is 11.3 Å². The van der Waals surface area contributed by atoms with Gasteiger partial charge >= 0.3 is 0 Å². The van der Waals surface area contributed by atoms with E-state index in [0.29, 0.717) is 12.3 Å². The standard InChI is InChI=1S/C8H9N3O/c1-12-8-2-6(3-9)5-11-7(8)4-10/h2,5H,3,9H2,1H3. The molecular formula is C8H9N3O. The molecule has 2 N–H and O–H groups in total. The summed E-state index contributed by atoms with van der Waals surface area (Å²) in [5, 5.41) is 8.59. The molecule has 12 heavy (non-hydrogen) atoms. The number of hydrogen-bond acceptors (Lipinski definition) is 4. The highest BCUT2D eigenvalue weighted by Crippen LogP contribution is 2.15. The molecule has 1 heterocycles. The van der Waals surface area contributed by atoms with Gasteiger partial charge < -0.3 is 10.5 Å². The first-order valence-corrected chi connectivity index (χ1v) is 3.45. The quantitative estimate of drug-likeness (QED) is 0.685. The van der Waals surface area contributed by atoms with Gasteiger partial charge in [-0.3, -0.25) is 0 Å². The summed E-state index contributed by atoms with van der Waals surface area (Å²) in [5.74, 6) is 0.473. The molecule has 4 heteroatoms. The van der Waals surface area contributed by atoms with E-state index in [1.165, 1.54) is 7.11 Å². The molecule has 4 nitrogen and oxygen atoms in total. The van der Waals surface area contributed by atoms with Crippen LogP contribution in [0.1, 0.15) is 11.3 Å². The second-order valence-electron chi connectivity index (χ2n) is 2.21. The van der Waals surface area contributed by atoms with Crippen molar-refractivity contribution >= 4 is 0 Å². The van der Waals surface area contributed by atoms with E-state index in [1.807, 2.05) is 6.07 Å². The van der Waals surface area contributed by atoms with Gasteiger partial charge in [-0.1, -0.05) is 0 Å². The van der Waals surface area contributed by atoms with Crippen molar-refractivity contribution in [3.05, 3.63) is 23.5 Å². The van der Waals surface area contributed by atoms with Crippen molar-refractivity contribution < 1.29 is 4.74 Å². The Labute approximate surface area is 70.6 Å². The van der Waals surface area contributed by atoms with E-state index < -0.39 is 0 Å². The third-order valence-electron chi connectivity index (χ3n) is 1.47. The van der Waals surface area contributed by atoms with Crippen LogP contribution < -0.4 is 10.5 Å². The third kappa shape index (κ3) is 1.52. The summed E-state index contributed by atoms with van der Waals surface area (Å²) in [5.41, 5.74) is 6.53. The van der Waals surface area contributed by atoms with Crippen LogP contribution in [0.15, 0.2) is 12.3 Å². The number of nitrogens with two attached hydrogens (primary N) is 1. The first kappa shape index (κ1) is 8.50. The largest absolute Gasteiger partial charge is 0.494 e. The smallest absolute Gasteiger partial charge is 0.182 e. The lowest BCUT2D eigenvalue weighted by atomic mass is 10.2. The van der Waals surface area contributed by atoms with Gasteiger partial charge in [-0.2, -0.15) is 5.26 Å². The van der Waals surface area contributed by atoms with Crippen molar-refractivity contribution in [2.24, 2.45) is 5.73 Å². The van der Waals surface area contributed by atoms with Crippen molar-refractivity contribution in [1.29, 1.82) is 5.26 Å². The molecule has 0 aliphatic carbocycles. The Morgan fingerprint density at radius 3 is 3.00 bits per heavy atom. The van der Waals surface area contributed by atoms with E-state index >= 15 is 0 Å². The van der Waals surface area contributed by atoms with E-state index in [1.54, 1.807) is 12.3 Å². The van der Waals surface area contributed by atoms with Crippen LogP contribution in [0.4, 0.5) is 0 Å². The molecule has 1 aromatic heterocycles. The van der Waals surface area contributed by atoms with Gasteiger partial charge in [0.15, 0.2) is 11.4 Å². The fourth-order valence-corrected chi connectivity index (χ4v) is 0.836. The van der Waals surface area contributed by atoms with E-state index in [4.69, 9.17) is 15.7 Å². The molecule has 0 unspecified atom stereocenters. The Hall–Kier alpha value is -1.60.